The van der Waals surface area contributed by atoms with Crippen LogP contribution in [0.25, 0.3) is 11.1 Å². The second-order valence-corrected chi connectivity index (χ2v) is 5.71. The first-order valence-corrected chi connectivity index (χ1v) is 6.40. The summed E-state index contributed by atoms with van der Waals surface area (Å²) < 4.78 is 5.14. The molecule has 2 nitrogen and oxygen atoms in total. The monoisotopic (exact) mass is 256 g/mol. The first-order chi connectivity index (χ1) is 8.91. The maximum absolute atomic E-state index is 9.61. The average Bonchev–Trinajstić information content (AvgIpc) is 2.38. The van der Waals surface area contributed by atoms with Gasteiger partial charge in [-0.1, -0.05) is 51.1 Å². The van der Waals surface area contributed by atoms with Crippen LogP contribution in [0, 0.1) is 0 Å². The van der Waals surface area contributed by atoms with Gasteiger partial charge in [0.2, 0.25) is 0 Å². The van der Waals surface area contributed by atoms with Crippen LogP contribution in [-0.2, 0) is 5.41 Å². The highest BCUT2D eigenvalue weighted by atomic mass is 16.5. The van der Waals surface area contributed by atoms with Crippen molar-refractivity contribution >= 4 is 0 Å². The molecule has 0 aliphatic carbocycles. The Balaban J connectivity index is 2.37. The number of phenolic OH excluding ortho intramolecular Hbond substituents is 1. The van der Waals surface area contributed by atoms with E-state index in [4.69, 9.17) is 4.74 Å². The zero-order valence-corrected chi connectivity index (χ0v) is 11.9. The zero-order valence-electron chi connectivity index (χ0n) is 11.9. The van der Waals surface area contributed by atoms with Crippen molar-refractivity contribution in [1.29, 1.82) is 0 Å². The molecule has 0 spiro atoms. The summed E-state index contributed by atoms with van der Waals surface area (Å²) in [6.45, 7) is 6.60. The molecule has 2 aromatic carbocycles. The third kappa shape index (κ3) is 2.90. The van der Waals surface area contributed by atoms with Crippen molar-refractivity contribution in [2.45, 2.75) is 26.2 Å². The van der Waals surface area contributed by atoms with Gasteiger partial charge in [-0.05, 0) is 34.2 Å². The molecule has 0 amide bonds. The van der Waals surface area contributed by atoms with E-state index < -0.39 is 0 Å². The molecule has 100 valence electrons. The van der Waals surface area contributed by atoms with Crippen molar-refractivity contribution in [1.82, 2.24) is 0 Å². The van der Waals surface area contributed by atoms with E-state index in [1.165, 1.54) is 5.56 Å². The van der Waals surface area contributed by atoms with Crippen molar-refractivity contribution in [3.63, 3.8) is 0 Å². The van der Waals surface area contributed by atoms with Gasteiger partial charge in [0.05, 0.1) is 7.11 Å². The van der Waals surface area contributed by atoms with E-state index in [2.05, 4.69) is 45.0 Å². The Kier molecular flexibility index (Phi) is 3.52. The third-order valence-electron chi connectivity index (χ3n) is 3.26. The minimum atomic E-state index is 0.158. The Morgan fingerprint density at radius 1 is 0.895 bits per heavy atom. The number of ether oxygens (including phenoxy) is 1. The molecule has 0 atom stereocenters. The summed E-state index contributed by atoms with van der Waals surface area (Å²) in [5.41, 5.74) is 3.62. The van der Waals surface area contributed by atoms with Crippen molar-refractivity contribution in [2.24, 2.45) is 0 Å². The lowest BCUT2D eigenvalue weighted by molar-refractivity contribution is 0.373. The van der Waals surface area contributed by atoms with Gasteiger partial charge in [-0.2, -0.15) is 0 Å². The molecule has 2 rings (SSSR count). The van der Waals surface area contributed by atoms with Crippen LogP contribution >= 0.6 is 0 Å². The zero-order chi connectivity index (χ0) is 14.0. The minimum Gasteiger partial charge on any atom is -0.504 e. The van der Waals surface area contributed by atoms with Gasteiger partial charge in [-0.25, -0.2) is 0 Å². The van der Waals surface area contributed by atoms with Gasteiger partial charge in [-0.15, -0.1) is 0 Å². The van der Waals surface area contributed by atoms with Gasteiger partial charge >= 0.3 is 0 Å². The Hall–Kier alpha value is -1.96. The largest absolute Gasteiger partial charge is 0.504 e. The molecule has 0 radical (unpaired) electrons. The number of rotatable bonds is 2. The molecule has 19 heavy (non-hydrogen) atoms. The summed E-state index contributed by atoms with van der Waals surface area (Å²) in [4.78, 5) is 0. The van der Waals surface area contributed by atoms with E-state index in [9.17, 15) is 5.11 Å². The molecule has 0 saturated heterocycles. The van der Waals surface area contributed by atoms with E-state index in [0.717, 1.165) is 11.1 Å². The number of methoxy groups -OCH3 is 1. The molecule has 0 aliphatic rings. The molecule has 2 heteroatoms. The van der Waals surface area contributed by atoms with Crippen molar-refractivity contribution in [3.8, 4) is 22.6 Å². The normalized spacial score (nSPS) is 11.4. The molecule has 0 aliphatic heterocycles. The number of phenols is 1. The quantitative estimate of drug-likeness (QED) is 0.864. The standard InChI is InChI=1S/C17H20O2/c1-17(2,3)14-8-5-12(6-9-14)13-7-10-15(18)16(11-13)19-4/h5-11,18H,1-4H3. The average molecular weight is 256 g/mol. The van der Waals surface area contributed by atoms with E-state index in [1.807, 2.05) is 12.1 Å². The Labute approximate surface area is 114 Å². The number of benzene rings is 2. The molecule has 0 heterocycles. The highest BCUT2D eigenvalue weighted by Crippen LogP contribution is 2.32. The SMILES string of the molecule is COc1cc(-c2ccc(C(C)(C)C)cc2)ccc1O. The van der Waals surface area contributed by atoms with Crippen LogP contribution in [0.3, 0.4) is 0 Å². The molecule has 0 saturated carbocycles. The summed E-state index contributed by atoms with van der Waals surface area (Å²) in [6, 6.07) is 13.9. The molecule has 2 aromatic rings. The predicted molar refractivity (Wildman–Crippen MR) is 78.8 cm³/mol. The Morgan fingerprint density at radius 3 is 2.00 bits per heavy atom. The summed E-state index contributed by atoms with van der Waals surface area (Å²) >= 11 is 0. The predicted octanol–water partition coefficient (Wildman–Crippen LogP) is 4.37. The third-order valence-corrected chi connectivity index (χ3v) is 3.26. The molecule has 0 fully saturated rings. The van der Waals surface area contributed by atoms with E-state index in [0.29, 0.717) is 5.75 Å². The van der Waals surface area contributed by atoms with Crippen molar-refractivity contribution in [2.75, 3.05) is 7.11 Å². The van der Waals surface area contributed by atoms with Gasteiger partial charge in [-0.3, -0.25) is 0 Å². The fraction of sp³-hybridized carbons (Fsp3) is 0.294. The molecular weight excluding hydrogens is 236 g/mol. The maximum Gasteiger partial charge on any atom is 0.161 e. The first-order valence-electron chi connectivity index (χ1n) is 6.40. The van der Waals surface area contributed by atoms with E-state index >= 15 is 0 Å². The second-order valence-electron chi connectivity index (χ2n) is 5.71. The molecule has 0 bridgehead atoms. The molecule has 1 N–H and O–H groups in total. The van der Waals surface area contributed by atoms with Crippen LogP contribution in [-0.4, -0.2) is 12.2 Å². The van der Waals surface area contributed by atoms with Crippen molar-refractivity contribution in [3.05, 3.63) is 48.0 Å². The van der Waals surface area contributed by atoms with E-state index in [1.54, 1.807) is 13.2 Å². The van der Waals surface area contributed by atoms with Gasteiger partial charge in [0, 0.05) is 0 Å². The van der Waals surface area contributed by atoms with Crippen LogP contribution in [0.5, 0.6) is 11.5 Å². The van der Waals surface area contributed by atoms with Gasteiger partial charge in [0.1, 0.15) is 0 Å². The number of aromatic hydroxyl groups is 1. The first kappa shape index (κ1) is 13.5. The lowest BCUT2D eigenvalue weighted by atomic mass is 9.86. The highest BCUT2D eigenvalue weighted by Gasteiger charge is 2.13. The van der Waals surface area contributed by atoms with Crippen LogP contribution in [0.15, 0.2) is 42.5 Å². The lowest BCUT2D eigenvalue weighted by Gasteiger charge is -2.19. The Morgan fingerprint density at radius 2 is 1.47 bits per heavy atom. The van der Waals surface area contributed by atoms with Gasteiger partial charge < -0.3 is 9.84 Å². The lowest BCUT2D eigenvalue weighted by Crippen LogP contribution is -2.10. The van der Waals surface area contributed by atoms with Gasteiger partial charge in [0.15, 0.2) is 11.5 Å². The van der Waals surface area contributed by atoms with Crippen LogP contribution in [0.4, 0.5) is 0 Å². The van der Waals surface area contributed by atoms with Crippen LogP contribution < -0.4 is 4.74 Å². The maximum atomic E-state index is 9.61. The highest BCUT2D eigenvalue weighted by molar-refractivity contribution is 5.67. The topological polar surface area (TPSA) is 29.5 Å². The molecule has 0 unspecified atom stereocenters. The molecule has 0 aromatic heterocycles. The summed E-state index contributed by atoms with van der Waals surface area (Å²) in [5, 5.41) is 9.61. The summed E-state index contributed by atoms with van der Waals surface area (Å²) in [7, 11) is 1.56. The van der Waals surface area contributed by atoms with Crippen LogP contribution in [0.1, 0.15) is 26.3 Å². The van der Waals surface area contributed by atoms with Gasteiger partial charge in [0.25, 0.3) is 0 Å². The number of hydrogen-bond donors (Lipinski definition) is 1. The Bertz CT molecular complexity index is 563. The summed E-state index contributed by atoms with van der Waals surface area (Å²) in [6.07, 6.45) is 0. The van der Waals surface area contributed by atoms with E-state index in [-0.39, 0.29) is 11.2 Å². The second kappa shape index (κ2) is 4.96. The number of hydrogen-bond acceptors (Lipinski definition) is 2. The minimum absolute atomic E-state index is 0.158. The molecular formula is C17H20O2. The fourth-order valence-corrected chi connectivity index (χ4v) is 2.02. The summed E-state index contributed by atoms with van der Waals surface area (Å²) in [5.74, 6) is 0.662. The fourth-order valence-electron chi connectivity index (χ4n) is 2.02. The van der Waals surface area contributed by atoms with Crippen LogP contribution in [0.2, 0.25) is 0 Å². The smallest absolute Gasteiger partial charge is 0.161 e. The van der Waals surface area contributed by atoms with Crippen molar-refractivity contribution < 1.29 is 9.84 Å².